The molecule has 0 atom stereocenters. The van der Waals surface area contributed by atoms with Gasteiger partial charge in [0.05, 0.1) is 0 Å². The maximum Gasteiger partial charge on any atom is 0.129 e. The molecule has 0 nitrogen and oxygen atoms in total. The van der Waals surface area contributed by atoms with Crippen LogP contribution in [0.5, 0.6) is 0 Å². The summed E-state index contributed by atoms with van der Waals surface area (Å²) in [6, 6.07) is 6.41. The predicted octanol–water partition coefficient (Wildman–Crippen LogP) is 3.05. The average molecular weight is 192 g/mol. The SMILES string of the molecule is C[Si](C)(C)C#Cc1cccc(F)c1. The van der Waals surface area contributed by atoms with Gasteiger partial charge in [-0.25, -0.2) is 4.39 Å². The summed E-state index contributed by atoms with van der Waals surface area (Å²) in [7, 11) is -1.34. The predicted molar refractivity (Wildman–Crippen MR) is 56.6 cm³/mol. The fourth-order valence-corrected chi connectivity index (χ4v) is 1.35. The second-order valence-corrected chi connectivity index (χ2v) is 8.76. The van der Waals surface area contributed by atoms with Crippen LogP contribution in [0.4, 0.5) is 4.39 Å². The Bertz CT molecular complexity index is 352. The largest absolute Gasteiger partial charge is 0.207 e. The van der Waals surface area contributed by atoms with Crippen molar-refractivity contribution in [1.29, 1.82) is 0 Å². The van der Waals surface area contributed by atoms with Crippen LogP contribution < -0.4 is 0 Å². The molecule has 0 spiro atoms. The Morgan fingerprint density at radius 1 is 1.23 bits per heavy atom. The van der Waals surface area contributed by atoms with Gasteiger partial charge in [-0.1, -0.05) is 31.6 Å². The minimum atomic E-state index is -1.34. The van der Waals surface area contributed by atoms with Crippen molar-refractivity contribution in [2.45, 2.75) is 19.6 Å². The number of halogens is 1. The number of benzene rings is 1. The van der Waals surface area contributed by atoms with Gasteiger partial charge < -0.3 is 0 Å². The van der Waals surface area contributed by atoms with Crippen LogP contribution in [0, 0.1) is 17.3 Å². The van der Waals surface area contributed by atoms with Crippen molar-refractivity contribution in [2.75, 3.05) is 0 Å². The lowest BCUT2D eigenvalue weighted by Crippen LogP contribution is -2.16. The molecule has 0 unspecified atom stereocenters. The van der Waals surface area contributed by atoms with Crippen molar-refractivity contribution < 1.29 is 4.39 Å². The van der Waals surface area contributed by atoms with Crippen LogP contribution in [0.2, 0.25) is 19.6 Å². The van der Waals surface area contributed by atoms with Gasteiger partial charge in [-0.2, -0.15) is 0 Å². The van der Waals surface area contributed by atoms with E-state index in [2.05, 4.69) is 31.1 Å². The molecule has 0 radical (unpaired) electrons. The molecule has 0 aliphatic rings. The van der Waals surface area contributed by atoms with Gasteiger partial charge in [0.2, 0.25) is 0 Å². The van der Waals surface area contributed by atoms with E-state index in [-0.39, 0.29) is 5.82 Å². The van der Waals surface area contributed by atoms with E-state index in [0.29, 0.717) is 0 Å². The molecule has 0 N–H and O–H groups in total. The highest BCUT2D eigenvalue weighted by molar-refractivity contribution is 6.83. The molecule has 1 rings (SSSR count). The van der Waals surface area contributed by atoms with Gasteiger partial charge in [0, 0.05) is 5.56 Å². The van der Waals surface area contributed by atoms with E-state index < -0.39 is 8.07 Å². The topological polar surface area (TPSA) is 0 Å². The molecule has 68 valence electrons. The van der Waals surface area contributed by atoms with Gasteiger partial charge >= 0.3 is 0 Å². The summed E-state index contributed by atoms with van der Waals surface area (Å²) < 4.78 is 12.7. The zero-order valence-electron chi connectivity index (χ0n) is 8.19. The molecular formula is C11H13FSi. The minimum absolute atomic E-state index is 0.220. The Morgan fingerprint density at radius 3 is 2.46 bits per heavy atom. The summed E-state index contributed by atoms with van der Waals surface area (Å²) in [5, 5.41) is 0. The molecule has 0 heterocycles. The van der Waals surface area contributed by atoms with E-state index in [1.165, 1.54) is 12.1 Å². The first-order chi connectivity index (χ1) is 5.97. The van der Waals surface area contributed by atoms with Gasteiger partial charge in [-0.05, 0) is 18.2 Å². The highest BCUT2D eigenvalue weighted by atomic mass is 28.3. The summed E-state index contributed by atoms with van der Waals surface area (Å²) in [6.07, 6.45) is 0. The normalized spacial score (nSPS) is 10.5. The van der Waals surface area contributed by atoms with Crippen LogP contribution in [-0.2, 0) is 0 Å². The van der Waals surface area contributed by atoms with Gasteiger partial charge in [-0.15, -0.1) is 5.54 Å². The zero-order chi connectivity index (χ0) is 9.90. The summed E-state index contributed by atoms with van der Waals surface area (Å²) in [5.74, 6) is 2.78. The first kappa shape index (κ1) is 10.0. The van der Waals surface area contributed by atoms with Crippen LogP contribution in [0.3, 0.4) is 0 Å². The van der Waals surface area contributed by atoms with Gasteiger partial charge in [0.25, 0.3) is 0 Å². The number of hydrogen-bond acceptors (Lipinski definition) is 0. The van der Waals surface area contributed by atoms with E-state index >= 15 is 0 Å². The molecule has 2 heteroatoms. The maximum atomic E-state index is 12.7. The molecular weight excluding hydrogens is 179 g/mol. The third-order valence-corrected chi connectivity index (χ3v) is 2.28. The molecule has 0 bridgehead atoms. The highest BCUT2D eigenvalue weighted by Gasteiger charge is 2.07. The molecule has 0 saturated carbocycles. The van der Waals surface area contributed by atoms with Gasteiger partial charge in [0.15, 0.2) is 0 Å². The Labute approximate surface area is 79.8 Å². The number of rotatable bonds is 0. The standard InChI is InChI=1S/C11H13FSi/c1-13(2,3)8-7-10-5-4-6-11(12)9-10/h4-6,9H,1-3H3. The van der Waals surface area contributed by atoms with Crippen LogP contribution in [0.1, 0.15) is 5.56 Å². The lowest BCUT2D eigenvalue weighted by atomic mass is 10.2. The van der Waals surface area contributed by atoms with Crippen LogP contribution in [-0.4, -0.2) is 8.07 Å². The fourth-order valence-electron chi connectivity index (χ4n) is 0.826. The molecule has 0 fully saturated rings. The average Bonchev–Trinajstić information content (AvgIpc) is 2.00. The Hall–Kier alpha value is -1.07. The van der Waals surface area contributed by atoms with Gasteiger partial charge in [-0.3, -0.25) is 0 Å². The lowest BCUT2D eigenvalue weighted by molar-refractivity contribution is 0.627. The van der Waals surface area contributed by atoms with Crippen LogP contribution in [0.25, 0.3) is 0 Å². The van der Waals surface area contributed by atoms with E-state index in [4.69, 9.17) is 0 Å². The zero-order valence-corrected chi connectivity index (χ0v) is 9.19. The third kappa shape index (κ3) is 3.91. The molecule has 1 aromatic carbocycles. The van der Waals surface area contributed by atoms with E-state index in [1.54, 1.807) is 6.07 Å². The summed E-state index contributed by atoms with van der Waals surface area (Å²) in [4.78, 5) is 0. The Kier molecular flexibility index (Phi) is 2.89. The molecule has 13 heavy (non-hydrogen) atoms. The molecule has 0 saturated heterocycles. The summed E-state index contributed by atoms with van der Waals surface area (Å²) in [5.41, 5.74) is 3.95. The number of hydrogen-bond donors (Lipinski definition) is 0. The lowest BCUT2D eigenvalue weighted by Gasteiger charge is -2.03. The monoisotopic (exact) mass is 192 g/mol. The first-order valence-electron chi connectivity index (χ1n) is 4.26. The van der Waals surface area contributed by atoms with Crippen LogP contribution >= 0.6 is 0 Å². The highest BCUT2D eigenvalue weighted by Crippen LogP contribution is 2.03. The summed E-state index contributed by atoms with van der Waals surface area (Å²) in [6.45, 7) is 6.50. The van der Waals surface area contributed by atoms with Crippen LogP contribution in [0.15, 0.2) is 24.3 Å². The maximum absolute atomic E-state index is 12.7. The Balaban J connectivity index is 2.90. The van der Waals surface area contributed by atoms with E-state index in [0.717, 1.165) is 5.56 Å². The Morgan fingerprint density at radius 2 is 1.92 bits per heavy atom. The van der Waals surface area contributed by atoms with Crippen molar-refractivity contribution in [1.82, 2.24) is 0 Å². The fraction of sp³-hybridized carbons (Fsp3) is 0.273. The summed E-state index contributed by atoms with van der Waals surface area (Å²) >= 11 is 0. The smallest absolute Gasteiger partial charge is 0.129 e. The molecule has 0 aromatic heterocycles. The molecule has 0 aliphatic heterocycles. The molecule has 0 amide bonds. The third-order valence-electron chi connectivity index (χ3n) is 1.41. The van der Waals surface area contributed by atoms with E-state index in [1.807, 2.05) is 6.07 Å². The van der Waals surface area contributed by atoms with Crippen molar-refractivity contribution in [3.8, 4) is 11.5 Å². The molecule has 0 aliphatic carbocycles. The quantitative estimate of drug-likeness (QED) is 0.438. The van der Waals surface area contributed by atoms with Crippen molar-refractivity contribution in [3.63, 3.8) is 0 Å². The van der Waals surface area contributed by atoms with Crippen molar-refractivity contribution in [3.05, 3.63) is 35.6 Å². The second-order valence-electron chi connectivity index (χ2n) is 4.01. The van der Waals surface area contributed by atoms with Crippen molar-refractivity contribution in [2.24, 2.45) is 0 Å². The molecule has 1 aromatic rings. The minimum Gasteiger partial charge on any atom is -0.207 e. The van der Waals surface area contributed by atoms with Gasteiger partial charge in [0.1, 0.15) is 13.9 Å². The first-order valence-corrected chi connectivity index (χ1v) is 7.76. The second kappa shape index (κ2) is 3.76. The van der Waals surface area contributed by atoms with Crippen molar-refractivity contribution >= 4 is 8.07 Å². The van der Waals surface area contributed by atoms with E-state index in [9.17, 15) is 4.39 Å².